The van der Waals surface area contributed by atoms with Crippen molar-refractivity contribution >= 4 is 29.2 Å². The molecular weight excluding hydrogens is 225 g/mol. The standard InChI is InChI=1S/C9H7ClFNO3/c10-5-1-6(11)3-7(2-5)12-8(13)4-9(14)15/h1-3H,4H2,(H,12,13)(H,14,15). The van der Waals surface area contributed by atoms with E-state index in [1.54, 1.807) is 0 Å². The van der Waals surface area contributed by atoms with E-state index < -0.39 is 24.1 Å². The number of hydrogen-bond acceptors (Lipinski definition) is 2. The minimum Gasteiger partial charge on any atom is -0.481 e. The fourth-order valence-electron chi connectivity index (χ4n) is 0.969. The maximum atomic E-state index is 12.8. The van der Waals surface area contributed by atoms with Gasteiger partial charge in [0.1, 0.15) is 12.2 Å². The summed E-state index contributed by atoms with van der Waals surface area (Å²) in [5, 5.41) is 10.6. The van der Waals surface area contributed by atoms with Crippen LogP contribution in [0.25, 0.3) is 0 Å². The van der Waals surface area contributed by atoms with Crippen molar-refractivity contribution in [3.63, 3.8) is 0 Å². The molecule has 0 fully saturated rings. The number of carbonyl (C=O) groups is 2. The van der Waals surface area contributed by atoms with E-state index in [9.17, 15) is 14.0 Å². The van der Waals surface area contributed by atoms with Crippen LogP contribution in [-0.2, 0) is 9.59 Å². The molecule has 6 heteroatoms. The first-order valence-electron chi connectivity index (χ1n) is 3.95. The molecule has 1 aromatic carbocycles. The van der Waals surface area contributed by atoms with Gasteiger partial charge in [0, 0.05) is 10.7 Å². The number of rotatable bonds is 3. The van der Waals surface area contributed by atoms with Crippen LogP contribution in [0, 0.1) is 5.82 Å². The summed E-state index contributed by atoms with van der Waals surface area (Å²) in [5.41, 5.74) is 0.131. The third-order valence-electron chi connectivity index (χ3n) is 1.46. The molecule has 0 aliphatic heterocycles. The van der Waals surface area contributed by atoms with E-state index in [-0.39, 0.29) is 10.7 Å². The van der Waals surface area contributed by atoms with E-state index >= 15 is 0 Å². The molecule has 0 atom stereocenters. The Kier molecular flexibility index (Phi) is 3.62. The van der Waals surface area contributed by atoms with E-state index in [0.29, 0.717) is 0 Å². The van der Waals surface area contributed by atoms with Gasteiger partial charge in [-0.2, -0.15) is 0 Å². The molecule has 4 nitrogen and oxygen atoms in total. The second-order valence-corrected chi connectivity index (χ2v) is 3.21. The summed E-state index contributed by atoms with van der Waals surface area (Å²) in [6.45, 7) is 0. The number of aliphatic carboxylic acids is 1. The third kappa shape index (κ3) is 3.95. The zero-order chi connectivity index (χ0) is 11.4. The van der Waals surface area contributed by atoms with Gasteiger partial charge in [-0.15, -0.1) is 0 Å². The van der Waals surface area contributed by atoms with E-state index in [0.717, 1.165) is 12.1 Å². The number of hydrogen-bond donors (Lipinski definition) is 2. The molecule has 0 bridgehead atoms. The molecule has 0 aromatic heterocycles. The van der Waals surface area contributed by atoms with Crippen LogP contribution < -0.4 is 5.32 Å². The Morgan fingerprint density at radius 3 is 2.60 bits per heavy atom. The predicted molar refractivity (Wildman–Crippen MR) is 52.3 cm³/mol. The SMILES string of the molecule is O=C(O)CC(=O)Nc1cc(F)cc(Cl)c1. The molecule has 0 unspecified atom stereocenters. The van der Waals surface area contributed by atoms with Gasteiger partial charge in [0.05, 0.1) is 0 Å². The van der Waals surface area contributed by atoms with Crippen LogP contribution in [0.15, 0.2) is 18.2 Å². The van der Waals surface area contributed by atoms with Crippen molar-refractivity contribution in [3.05, 3.63) is 29.0 Å². The average Bonchev–Trinajstić information content (AvgIpc) is 1.98. The molecule has 0 radical (unpaired) electrons. The zero-order valence-electron chi connectivity index (χ0n) is 7.46. The number of carboxylic acids is 1. The highest BCUT2D eigenvalue weighted by Gasteiger charge is 2.08. The Balaban J connectivity index is 2.72. The largest absolute Gasteiger partial charge is 0.481 e. The highest BCUT2D eigenvalue weighted by Crippen LogP contribution is 2.18. The summed E-state index contributed by atoms with van der Waals surface area (Å²) in [6, 6.07) is 3.45. The lowest BCUT2D eigenvalue weighted by Crippen LogP contribution is -2.15. The number of amides is 1. The van der Waals surface area contributed by atoms with Gasteiger partial charge in [0.2, 0.25) is 5.91 Å². The van der Waals surface area contributed by atoms with Crippen molar-refractivity contribution < 1.29 is 19.1 Å². The van der Waals surface area contributed by atoms with Crippen LogP contribution in [0.3, 0.4) is 0 Å². The predicted octanol–water partition coefficient (Wildman–Crippen LogP) is 1.89. The third-order valence-corrected chi connectivity index (χ3v) is 1.68. The van der Waals surface area contributed by atoms with Crippen LogP contribution in [0.4, 0.5) is 10.1 Å². The van der Waals surface area contributed by atoms with Gasteiger partial charge in [-0.05, 0) is 18.2 Å². The second kappa shape index (κ2) is 4.75. The molecule has 0 saturated heterocycles. The Bertz CT molecular complexity index is 388. The summed E-state index contributed by atoms with van der Waals surface area (Å²) in [6.07, 6.45) is -0.672. The highest BCUT2D eigenvalue weighted by molar-refractivity contribution is 6.30. The quantitative estimate of drug-likeness (QED) is 0.781. The minimum absolute atomic E-state index is 0.126. The summed E-state index contributed by atoms with van der Waals surface area (Å²) >= 11 is 5.53. The molecule has 0 aliphatic carbocycles. The molecular formula is C9H7ClFNO3. The first-order chi connectivity index (χ1) is 6.97. The summed E-state index contributed by atoms with van der Waals surface area (Å²) in [5.74, 6) is -2.59. The Labute approximate surface area is 89.7 Å². The summed E-state index contributed by atoms with van der Waals surface area (Å²) in [4.78, 5) is 21.2. The van der Waals surface area contributed by atoms with Gasteiger partial charge in [-0.1, -0.05) is 11.6 Å². The van der Waals surface area contributed by atoms with Crippen LogP contribution in [-0.4, -0.2) is 17.0 Å². The van der Waals surface area contributed by atoms with E-state index in [2.05, 4.69) is 5.32 Å². The summed E-state index contributed by atoms with van der Waals surface area (Å²) in [7, 11) is 0. The van der Waals surface area contributed by atoms with Gasteiger partial charge in [-0.3, -0.25) is 9.59 Å². The Hall–Kier alpha value is -1.62. The molecule has 0 spiro atoms. The molecule has 2 N–H and O–H groups in total. The smallest absolute Gasteiger partial charge is 0.312 e. The van der Waals surface area contributed by atoms with Crippen molar-refractivity contribution in [1.82, 2.24) is 0 Å². The van der Waals surface area contributed by atoms with E-state index in [1.807, 2.05) is 0 Å². The van der Waals surface area contributed by atoms with Gasteiger partial charge >= 0.3 is 5.97 Å². The van der Waals surface area contributed by atoms with Crippen molar-refractivity contribution in [2.45, 2.75) is 6.42 Å². The highest BCUT2D eigenvalue weighted by atomic mass is 35.5. The molecule has 1 amide bonds. The maximum Gasteiger partial charge on any atom is 0.312 e. The Morgan fingerprint density at radius 1 is 1.40 bits per heavy atom. The fourth-order valence-corrected chi connectivity index (χ4v) is 1.19. The number of benzene rings is 1. The lowest BCUT2D eigenvalue weighted by Gasteiger charge is -2.03. The lowest BCUT2D eigenvalue weighted by atomic mass is 10.3. The van der Waals surface area contributed by atoms with Crippen LogP contribution in [0.2, 0.25) is 5.02 Å². The van der Waals surface area contributed by atoms with Crippen molar-refractivity contribution in [3.8, 4) is 0 Å². The minimum atomic E-state index is -1.25. The van der Waals surface area contributed by atoms with Crippen molar-refractivity contribution in [1.29, 1.82) is 0 Å². The first kappa shape index (κ1) is 11.5. The first-order valence-corrected chi connectivity index (χ1v) is 4.33. The molecule has 0 saturated carbocycles. The van der Waals surface area contributed by atoms with Crippen molar-refractivity contribution in [2.75, 3.05) is 5.32 Å². The van der Waals surface area contributed by atoms with Gasteiger partial charge in [0.15, 0.2) is 0 Å². The molecule has 1 aromatic rings. The van der Waals surface area contributed by atoms with Crippen molar-refractivity contribution in [2.24, 2.45) is 0 Å². The molecule has 1 rings (SSSR count). The van der Waals surface area contributed by atoms with Crippen LogP contribution in [0.5, 0.6) is 0 Å². The van der Waals surface area contributed by atoms with Gasteiger partial charge in [0.25, 0.3) is 0 Å². The molecule has 0 heterocycles. The number of anilines is 1. The van der Waals surface area contributed by atoms with Crippen LogP contribution >= 0.6 is 11.6 Å². The molecule has 0 aliphatic rings. The molecule has 15 heavy (non-hydrogen) atoms. The van der Waals surface area contributed by atoms with E-state index in [1.165, 1.54) is 6.07 Å². The fraction of sp³-hybridized carbons (Fsp3) is 0.111. The lowest BCUT2D eigenvalue weighted by molar-refractivity contribution is -0.139. The number of halogens is 2. The summed E-state index contributed by atoms with van der Waals surface area (Å²) < 4.78 is 12.8. The number of carbonyl (C=O) groups excluding carboxylic acids is 1. The van der Waals surface area contributed by atoms with Gasteiger partial charge in [-0.25, -0.2) is 4.39 Å². The zero-order valence-corrected chi connectivity index (χ0v) is 8.21. The maximum absolute atomic E-state index is 12.8. The topological polar surface area (TPSA) is 66.4 Å². The normalized spacial score (nSPS) is 9.73. The van der Waals surface area contributed by atoms with E-state index in [4.69, 9.17) is 16.7 Å². The monoisotopic (exact) mass is 231 g/mol. The number of carboxylic acid groups (broad SMARTS) is 1. The molecule has 80 valence electrons. The van der Waals surface area contributed by atoms with Crippen LogP contribution in [0.1, 0.15) is 6.42 Å². The average molecular weight is 232 g/mol. The Morgan fingerprint density at radius 2 is 2.07 bits per heavy atom. The van der Waals surface area contributed by atoms with Gasteiger partial charge < -0.3 is 10.4 Å². The number of nitrogens with one attached hydrogen (secondary N) is 1. The second-order valence-electron chi connectivity index (χ2n) is 2.78.